The van der Waals surface area contributed by atoms with Crippen LogP contribution in [0.15, 0.2) is 24.3 Å². The number of carbonyl (C=O) groups is 1. The predicted molar refractivity (Wildman–Crippen MR) is 71.1 cm³/mol. The van der Waals surface area contributed by atoms with E-state index in [-0.39, 0.29) is 0 Å². The van der Waals surface area contributed by atoms with Crippen LogP contribution >= 0.6 is 0 Å². The Morgan fingerprint density at radius 1 is 1.12 bits per heavy atom. The van der Waals surface area contributed by atoms with Gasteiger partial charge in [0.05, 0.1) is 0 Å². The summed E-state index contributed by atoms with van der Waals surface area (Å²) in [6.45, 7) is 2.09. The molecule has 0 radical (unpaired) electrons. The van der Waals surface area contributed by atoms with E-state index in [2.05, 4.69) is 31.2 Å². The van der Waals surface area contributed by atoms with Crippen molar-refractivity contribution in [3.8, 4) is 0 Å². The topological polar surface area (TPSA) is 17.1 Å². The van der Waals surface area contributed by atoms with E-state index in [1.165, 1.54) is 30.4 Å². The molecule has 0 bridgehead atoms. The summed E-state index contributed by atoms with van der Waals surface area (Å²) in [5.74, 6) is 0.861. The highest BCUT2D eigenvalue weighted by atomic mass is 16.1. The second-order valence-corrected chi connectivity index (χ2v) is 5.29. The monoisotopic (exact) mass is 230 g/mol. The third-order valence-corrected chi connectivity index (χ3v) is 3.84. The maximum Gasteiger partial charge on any atom is 0.136 e. The summed E-state index contributed by atoms with van der Waals surface area (Å²) >= 11 is 0. The smallest absolute Gasteiger partial charge is 0.136 e. The average Bonchev–Trinajstić information content (AvgIpc) is 2.39. The Balaban J connectivity index is 1.81. The number of hydrogen-bond acceptors (Lipinski definition) is 1. The van der Waals surface area contributed by atoms with E-state index in [1.54, 1.807) is 0 Å². The van der Waals surface area contributed by atoms with Crippen molar-refractivity contribution in [1.29, 1.82) is 0 Å². The van der Waals surface area contributed by atoms with Crippen molar-refractivity contribution in [2.45, 2.75) is 51.9 Å². The van der Waals surface area contributed by atoms with Gasteiger partial charge >= 0.3 is 0 Å². The molecule has 1 aliphatic rings. The van der Waals surface area contributed by atoms with E-state index < -0.39 is 0 Å². The molecule has 0 atom stereocenters. The van der Waals surface area contributed by atoms with Crippen LogP contribution in [0.3, 0.4) is 0 Å². The third-order valence-electron chi connectivity index (χ3n) is 3.84. The van der Waals surface area contributed by atoms with Crippen molar-refractivity contribution in [2.75, 3.05) is 0 Å². The van der Waals surface area contributed by atoms with Crippen molar-refractivity contribution < 1.29 is 4.79 Å². The van der Waals surface area contributed by atoms with Gasteiger partial charge in [0.25, 0.3) is 0 Å². The minimum Gasteiger partial charge on any atom is -0.299 e. The summed E-state index contributed by atoms with van der Waals surface area (Å²) in [5.41, 5.74) is 2.58. The van der Waals surface area contributed by atoms with Gasteiger partial charge in [-0.3, -0.25) is 4.79 Å². The SMILES string of the molecule is Cc1ccc(CCC(=O)C2CCCCC2)cc1. The van der Waals surface area contributed by atoms with Crippen LogP contribution in [0.2, 0.25) is 0 Å². The van der Waals surface area contributed by atoms with Crippen LogP contribution < -0.4 is 0 Å². The van der Waals surface area contributed by atoms with Gasteiger partial charge in [-0.05, 0) is 31.7 Å². The van der Waals surface area contributed by atoms with Gasteiger partial charge < -0.3 is 0 Å². The Hall–Kier alpha value is -1.11. The normalized spacial score (nSPS) is 17.0. The minimum absolute atomic E-state index is 0.370. The van der Waals surface area contributed by atoms with Gasteiger partial charge in [-0.15, -0.1) is 0 Å². The molecule has 0 spiro atoms. The zero-order chi connectivity index (χ0) is 12.1. The molecule has 1 fully saturated rings. The highest BCUT2D eigenvalue weighted by molar-refractivity contribution is 5.81. The standard InChI is InChI=1S/C16H22O/c1-13-7-9-14(10-8-13)11-12-16(17)15-5-3-2-4-6-15/h7-10,15H,2-6,11-12H2,1H3. The highest BCUT2D eigenvalue weighted by Crippen LogP contribution is 2.25. The van der Waals surface area contributed by atoms with E-state index in [9.17, 15) is 4.79 Å². The van der Waals surface area contributed by atoms with Crippen LogP contribution in [0.25, 0.3) is 0 Å². The number of ketones is 1. The van der Waals surface area contributed by atoms with Crippen molar-refractivity contribution in [1.82, 2.24) is 0 Å². The molecular weight excluding hydrogens is 208 g/mol. The van der Waals surface area contributed by atoms with Crippen molar-refractivity contribution in [3.63, 3.8) is 0 Å². The molecule has 1 aromatic rings. The quantitative estimate of drug-likeness (QED) is 0.761. The molecule has 1 aromatic carbocycles. The Morgan fingerprint density at radius 2 is 1.76 bits per heavy atom. The van der Waals surface area contributed by atoms with Crippen LogP contribution in [0.5, 0.6) is 0 Å². The van der Waals surface area contributed by atoms with E-state index in [1.807, 2.05) is 0 Å². The molecule has 0 saturated heterocycles. The second-order valence-electron chi connectivity index (χ2n) is 5.29. The molecule has 1 aliphatic carbocycles. The Bertz CT molecular complexity index is 358. The van der Waals surface area contributed by atoms with E-state index in [0.717, 1.165) is 25.7 Å². The largest absolute Gasteiger partial charge is 0.299 e. The number of hydrogen-bond donors (Lipinski definition) is 0. The van der Waals surface area contributed by atoms with Gasteiger partial charge in [0, 0.05) is 12.3 Å². The van der Waals surface area contributed by atoms with Gasteiger partial charge in [-0.25, -0.2) is 0 Å². The molecule has 0 unspecified atom stereocenters. The van der Waals surface area contributed by atoms with E-state index in [4.69, 9.17) is 0 Å². The van der Waals surface area contributed by atoms with Crippen molar-refractivity contribution in [3.05, 3.63) is 35.4 Å². The summed E-state index contributed by atoms with van der Waals surface area (Å²) in [6, 6.07) is 8.54. The lowest BCUT2D eigenvalue weighted by molar-refractivity contribution is -0.123. The Labute approximate surface area is 104 Å². The lowest BCUT2D eigenvalue weighted by atomic mass is 9.84. The molecule has 2 rings (SSSR count). The summed E-state index contributed by atoms with van der Waals surface area (Å²) < 4.78 is 0. The van der Waals surface area contributed by atoms with Crippen LogP contribution in [-0.2, 0) is 11.2 Å². The molecular formula is C16H22O. The van der Waals surface area contributed by atoms with Crippen LogP contribution in [0, 0.1) is 12.8 Å². The molecule has 0 amide bonds. The third kappa shape index (κ3) is 3.69. The first-order chi connectivity index (χ1) is 8.25. The maximum absolute atomic E-state index is 12.0. The number of Topliss-reactive ketones (excluding diaryl/α,β-unsaturated/α-hetero) is 1. The summed E-state index contributed by atoms with van der Waals surface area (Å²) in [5, 5.41) is 0. The Kier molecular flexibility index (Phi) is 4.36. The highest BCUT2D eigenvalue weighted by Gasteiger charge is 2.20. The van der Waals surface area contributed by atoms with Gasteiger partial charge in [0.2, 0.25) is 0 Å². The van der Waals surface area contributed by atoms with Gasteiger partial charge in [0.15, 0.2) is 0 Å². The molecule has 0 N–H and O–H groups in total. The molecule has 92 valence electrons. The number of aryl methyl sites for hydroxylation is 2. The summed E-state index contributed by atoms with van der Waals surface area (Å²) in [7, 11) is 0. The lowest BCUT2D eigenvalue weighted by Crippen LogP contribution is -2.18. The van der Waals surface area contributed by atoms with E-state index >= 15 is 0 Å². The summed E-state index contributed by atoms with van der Waals surface area (Å²) in [6.07, 6.45) is 7.73. The average molecular weight is 230 g/mol. The van der Waals surface area contributed by atoms with Gasteiger partial charge in [0.1, 0.15) is 5.78 Å². The zero-order valence-corrected chi connectivity index (χ0v) is 10.7. The number of rotatable bonds is 4. The van der Waals surface area contributed by atoms with Crippen molar-refractivity contribution in [2.24, 2.45) is 5.92 Å². The zero-order valence-electron chi connectivity index (χ0n) is 10.7. The predicted octanol–water partition coefficient (Wildman–Crippen LogP) is 4.08. The first-order valence-corrected chi connectivity index (χ1v) is 6.84. The molecule has 1 heteroatoms. The first kappa shape index (κ1) is 12.3. The second kappa shape index (κ2) is 6.00. The fraction of sp³-hybridized carbons (Fsp3) is 0.562. The number of carbonyl (C=O) groups excluding carboxylic acids is 1. The van der Waals surface area contributed by atoms with E-state index in [0.29, 0.717) is 11.7 Å². The fourth-order valence-electron chi connectivity index (χ4n) is 2.65. The lowest BCUT2D eigenvalue weighted by Gasteiger charge is -2.20. The van der Waals surface area contributed by atoms with Gasteiger partial charge in [-0.1, -0.05) is 49.1 Å². The molecule has 1 saturated carbocycles. The molecule has 1 nitrogen and oxygen atoms in total. The number of benzene rings is 1. The summed E-state index contributed by atoms with van der Waals surface area (Å²) in [4.78, 5) is 12.0. The van der Waals surface area contributed by atoms with Crippen LogP contribution in [-0.4, -0.2) is 5.78 Å². The maximum atomic E-state index is 12.0. The minimum atomic E-state index is 0.370. The molecule has 0 heterocycles. The molecule has 0 aliphatic heterocycles. The molecule has 0 aromatic heterocycles. The van der Waals surface area contributed by atoms with Crippen LogP contribution in [0.4, 0.5) is 0 Å². The molecule has 17 heavy (non-hydrogen) atoms. The van der Waals surface area contributed by atoms with Gasteiger partial charge in [-0.2, -0.15) is 0 Å². The first-order valence-electron chi connectivity index (χ1n) is 6.84. The van der Waals surface area contributed by atoms with Crippen molar-refractivity contribution >= 4 is 5.78 Å². The fourth-order valence-corrected chi connectivity index (χ4v) is 2.65. The van der Waals surface area contributed by atoms with Crippen LogP contribution in [0.1, 0.15) is 49.7 Å². The Morgan fingerprint density at radius 3 is 2.41 bits per heavy atom.